The maximum Gasteiger partial charge on any atom is 0.0210 e. The molecule has 2 heteroatoms. The summed E-state index contributed by atoms with van der Waals surface area (Å²) in [6.45, 7) is 10.7. The van der Waals surface area contributed by atoms with Crippen LogP contribution in [-0.4, -0.2) is 36.6 Å². The van der Waals surface area contributed by atoms with Crippen LogP contribution in [0.1, 0.15) is 33.6 Å². The summed E-state index contributed by atoms with van der Waals surface area (Å²) in [6, 6.07) is 1.57. The van der Waals surface area contributed by atoms with E-state index < -0.39 is 0 Å². The lowest BCUT2D eigenvalue weighted by molar-refractivity contribution is 0.342. The standard InChI is InChI=1S/C11H22N2/c1-4-13-6-5-9(8-13)12-10-7-11(10,2)3/h9-10,12H,4-8H2,1-3H3. The van der Waals surface area contributed by atoms with E-state index in [1.807, 2.05) is 0 Å². The second-order valence-electron chi connectivity index (χ2n) is 5.29. The molecule has 2 rings (SSSR count). The highest BCUT2D eigenvalue weighted by molar-refractivity contribution is 5.03. The van der Waals surface area contributed by atoms with E-state index in [1.54, 1.807) is 0 Å². The molecule has 2 atom stereocenters. The molecule has 0 bridgehead atoms. The molecule has 0 amide bonds. The molecule has 1 aliphatic carbocycles. The summed E-state index contributed by atoms with van der Waals surface area (Å²) in [5, 5.41) is 3.77. The fourth-order valence-electron chi connectivity index (χ4n) is 2.29. The number of nitrogens with one attached hydrogen (secondary N) is 1. The molecule has 2 aliphatic rings. The largest absolute Gasteiger partial charge is 0.309 e. The zero-order valence-electron chi connectivity index (χ0n) is 9.14. The third-order valence-electron chi connectivity index (χ3n) is 3.67. The first-order valence-electron chi connectivity index (χ1n) is 5.60. The lowest BCUT2D eigenvalue weighted by Crippen LogP contribution is -2.35. The molecule has 2 nitrogen and oxygen atoms in total. The summed E-state index contributed by atoms with van der Waals surface area (Å²) < 4.78 is 0. The van der Waals surface area contributed by atoms with Crippen LogP contribution >= 0.6 is 0 Å². The fourth-order valence-corrected chi connectivity index (χ4v) is 2.29. The van der Waals surface area contributed by atoms with Gasteiger partial charge in [-0.25, -0.2) is 0 Å². The van der Waals surface area contributed by atoms with E-state index in [0.29, 0.717) is 5.41 Å². The van der Waals surface area contributed by atoms with Crippen LogP contribution in [0.5, 0.6) is 0 Å². The molecule has 1 heterocycles. The Hall–Kier alpha value is -0.0800. The zero-order chi connectivity index (χ0) is 9.47. The minimum absolute atomic E-state index is 0.583. The summed E-state index contributed by atoms with van der Waals surface area (Å²) in [7, 11) is 0. The Kier molecular flexibility index (Phi) is 2.37. The second kappa shape index (κ2) is 3.25. The number of hydrogen-bond acceptors (Lipinski definition) is 2. The van der Waals surface area contributed by atoms with Crippen molar-refractivity contribution in [1.29, 1.82) is 0 Å². The van der Waals surface area contributed by atoms with Crippen molar-refractivity contribution in [2.24, 2.45) is 5.41 Å². The molecule has 2 fully saturated rings. The Labute approximate surface area is 81.7 Å². The highest BCUT2D eigenvalue weighted by atomic mass is 15.2. The molecule has 0 radical (unpaired) electrons. The smallest absolute Gasteiger partial charge is 0.0210 e. The van der Waals surface area contributed by atoms with Gasteiger partial charge in [0.2, 0.25) is 0 Å². The Morgan fingerprint density at radius 1 is 1.46 bits per heavy atom. The van der Waals surface area contributed by atoms with E-state index in [9.17, 15) is 0 Å². The van der Waals surface area contributed by atoms with Gasteiger partial charge in [0.05, 0.1) is 0 Å². The van der Waals surface area contributed by atoms with E-state index in [-0.39, 0.29) is 0 Å². The normalized spacial score (nSPS) is 38.1. The Morgan fingerprint density at radius 2 is 2.15 bits per heavy atom. The molecule has 0 spiro atoms. The molecular weight excluding hydrogens is 160 g/mol. The average Bonchev–Trinajstić information content (AvgIpc) is 2.48. The van der Waals surface area contributed by atoms with Crippen molar-refractivity contribution >= 4 is 0 Å². The van der Waals surface area contributed by atoms with Gasteiger partial charge in [-0.1, -0.05) is 20.8 Å². The highest BCUT2D eigenvalue weighted by Gasteiger charge is 2.46. The van der Waals surface area contributed by atoms with Gasteiger partial charge in [-0.05, 0) is 31.3 Å². The highest BCUT2D eigenvalue weighted by Crippen LogP contribution is 2.45. The van der Waals surface area contributed by atoms with Crippen LogP contribution in [-0.2, 0) is 0 Å². The van der Waals surface area contributed by atoms with Gasteiger partial charge in [0.15, 0.2) is 0 Å². The quantitative estimate of drug-likeness (QED) is 0.711. The van der Waals surface area contributed by atoms with E-state index in [2.05, 4.69) is 31.0 Å². The van der Waals surface area contributed by atoms with Gasteiger partial charge in [0, 0.05) is 18.6 Å². The topological polar surface area (TPSA) is 15.3 Å². The Morgan fingerprint density at radius 3 is 2.62 bits per heavy atom. The molecule has 1 saturated carbocycles. The van der Waals surface area contributed by atoms with Crippen molar-refractivity contribution in [3.63, 3.8) is 0 Å². The lowest BCUT2D eigenvalue weighted by Gasteiger charge is -2.15. The van der Waals surface area contributed by atoms with Crippen LogP contribution in [0.3, 0.4) is 0 Å². The summed E-state index contributed by atoms with van der Waals surface area (Å²) in [6.07, 6.45) is 2.72. The molecule has 1 aliphatic heterocycles. The number of hydrogen-bond donors (Lipinski definition) is 1. The predicted molar refractivity (Wildman–Crippen MR) is 55.8 cm³/mol. The molecule has 2 unspecified atom stereocenters. The number of rotatable bonds is 3. The van der Waals surface area contributed by atoms with E-state index >= 15 is 0 Å². The molecule has 0 aromatic carbocycles. The number of likely N-dealkylation sites (N-methyl/N-ethyl adjacent to an activating group) is 1. The van der Waals surface area contributed by atoms with Crippen molar-refractivity contribution in [3.05, 3.63) is 0 Å². The molecule has 76 valence electrons. The summed E-state index contributed by atoms with van der Waals surface area (Å²) in [4.78, 5) is 2.53. The minimum Gasteiger partial charge on any atom is -0.309 e. The monoisotopic (exact) mass is 182 g/mol. The summed E-state index contributed by atoms with van der Waals surface area (Å²) >= 11 is 0. The molecule has 0 aromatic heterocycles. The van der Waals surface area contributed by atoms with Crippen LogP contribution in [0.4, 0.5) is 0 Å². The van der Waals surface area contributed by atoms with Gasteiger partial charge in [-0.2, -0.15) is 0 Å². The minimum atomic E-state index is 0.583. The Balaban J connectivity index is 1.73. The van der Waals surface area contributed by atoms with Gasteiger partial charge in [0.1, 0.15) is 0 Å². The van der Waals surface area contributed by atoms with Crippen LogP contribution in [0.25, 0.3) is 0 Å². The second-order valence-corrected chi connectivity index (χ2v) is 5.29. The zero-order valence-corrected chi connectivity index (χ0v) is 9.14. The third-order valence-corrected chi connectivity index (χ3v) is 3.67. The maximum absolute atomic E-state index is 3.77. The fraction of sp³-hybridized carbons (Fsp3) is 1.00. The first-order chi connectivity index (χ1) is 6.12. The first-order valence-corrected chi connectivity index (χ1v) is 5.60. The van der Waals surface area contributed by atoms with E-state index in [4.69, 9.17) is 0 Å². The first kappa shape index (κ1) is 9.47. The van der Waals surface area contributed by atoms with Gasteiger partial charge in [0.25, 0.3) is 0 Å². The molecule has 0 aromatic rings. The van der Waals surface area contributed by atoms with Crippen LogP contribution < -0.4 is 5.32 Å². The van der Waals surface area contributed by atoms with Gasteiger partial charge >= 0.3 is 0 Å². The van der Waals surface area contributed by atoms with Crippen LogP contribution in [0.2, 0.25) is 0 Å². The van der Waals surface area contributed by atoms with Crippen molar-refractivity contribution in [1.82, 2.24) is 10.2 Å². The molecule has 1 saturated heterocycles. The summed E-state index contributed by atoms with van der Waals surface area (Å²) in [5.74, 6) is 0. The van der Waals surface area contributed by atoms with Gasteiger partial charge in [-0.15, -0.1) is 0 Å². The SMILES string of the molecule is CCN1CCC(NC2CC2(C)C)C1. The van der Waals surface area contributed by atoms with Gasteiger partial charge in [-0.3, -0.25) is 0 Å². The van der Waals surface area contributed by atoms with Crippen molar-refractivity contribution in [3.8, 4) is 0 Å². The molecular formula is C11H22N2. The molecule has 13 heavy (non-hydrogen) atoms. The Bertz CT molecular complexity index is 189. The third kappa shape index (κ3) is 2.05. The van der Waals surface area contributed by atoms with Crippen LogP contribution in [0.15, 0.2) is 0 Å². The van der Waals surface area contributed by atoms with E-state index in [0.717, 1.165) is 12.1 Å². The summed E-state index contributed by atoms with van der Waals surface area (Å²) in [5.41, 5.74) is 0.583. The molecule has 1 N–H and O–H groups in total. The van der Waals surface area contributed by atoms with E-state index in [1.165, 1.54) is 32.5 Å². The lowest BCUT2D eigenvalue weighted by atomic mass is 10.1. The van der Waals surface area contributed by atoms with Crippen molar-refractivity contribution in [2.75, 3.05) is 19.6 Å². The number of likely N-dealkylation sites (tertiary alicyclic amines) is 1. The number of nitrogens with zero attached hydrogens (tertiary/aromatic N) is 1. The average molecular weight is 182 g/mol. The van der Waals surface area contributed by atoms with Gasteiger partial charge < -0.3 is 10.2 Å². The van der Waals surface area contributed by atoms with Crippen molar-refractivity contribution < 1.29 is 0 Å². The van der Waals surface area contributed by atoms with Crippen molar-refractivity contribution in [2.45, 2.75) is 45.7 Å². The maximum atomic E-state index is 3.77. The van der Waals surface area contributed by atoms with Crippen LogP contribution in [0, 0.1) is 5.41 Å². The predicted octanol–water partition coefficient (Wildman–Crippen LogP) is 1.47.